The second-order valence-corrected chi connectivity index (χ2v) is 3.85. The summed E-state index contributed by atoms with van der Waals surface area (Å²) in [5.74, 6) is 0. The van der Waals surface area contributed by atoms with Gasteiger partial charge in [-0.15, -0.1) is 0 Å². The van der Waals surface area contributed by atoms with E-state index in [0.717, 1.165) is 11.1 Å². The molecule has 0 atom stereocenters. The van der Waals surface area contributed by atoms with Crippen LogP contribution in [-0.2, 0) is 6.54 Å². The van der Waals surface area contributed by atoms with Gasteiger partial charge in [0.05, 0.1) is 17.3 Å². The van der Waals surface area contributed by atoms with Crippen LogP contribution in [0.3, 0.4) is 0 Å². The van der Waals surface area contributed by atoms with Crippen molar-refractivity contribution in [1.29, 1.82) is 5.26 Å². The van der Waals surface area contributed by atoms with Crippen molar-refractivity contribution in [3.8, 4) is 17.2 Å². The first kappa shape index (κ1) is 11.4. The predicted molar refractivity (Wildman–Crippen MR) is 63.7 cm³/mol. The molecule has 0 aliphatic carbocycles. The lowest BCUT2D eigenvalue weighted by molar-refractivity contribution is 0.112. The van der Waals surface area contributed by atoms with E-state index in [0.29, 0.717) is 16.9 Å². The molecule has 84 valence electrons. The van der Waals surface area contributed by atoms with Crippen molar-refractivity contribution in [2.45, 2.75) is 6.54 Å². The molecule has 5 heteroatoms. The maximum atomic E-state index is 10.8. The van der Waals surface area contributed by atoms with Crippen LogP contribution >= 0.6 is 11.6 Å². The second kappa shape index (κ2) is 4.81. The number of benzene rings is 1. The Hall–Kier alpha value is -2.12. The summed E-state index contributed by atoms with van der Waals surface area (Å²) < 4.78 is 1.53. The Balaban J connectivity index is 2.39. The zero-order chi connectivity index (χ0) is 12.3. The van der Waals surface area contributed by atoms with Crippen molar-refractivity contribution in [1.82, 2.24) is 9.78 Å². The van der Waals surface area contributed by atoms with Crippen LogP contribution in [0.2, 0.25) is 5.02 Å². The van der Waals surface area contributed by atoms with Crippen molar-refractivity contribution in [3.05, 3.63) is 41.2 Å². The Morgan fingerprint density at radius 3 is 3.00 bits per heavy atom. The molecule has 1 heterocycles. The van der Waals surface area contributed by atoms with Gasteiger partial charge in [-0.05, 0) is 17.7 Å². The van der Waals surface area contributed by atoms with Crippen LogP contribution in [0, 0.1) is 11.3 Å². The molecule has 0 amide bonds. The van der Waals surface area contributed by atoms with Gasteiger partial charge in [0.2, 0.25) is 0 Å². The van der Waals surface area contributed by atoms with E-state index in [4.69, 9.17) is 16.9 Å². The molecule has 2 rings (SSSR count). The number of halogens is 1. The van der Waals surface area contributed by atoms with Gasteiger partial charge in [-0.3, -0.25) is 9.48 Å². The third-order valence-corrected chi connectivity index (χ3v) is 2.67. The largest absolute Gasteiger partial charge is 0.298 e. The Morgan fingerprint density at radius 1 is 1.47 bits per heavy atom. The van der Waals surface area contributed by atoms with Crippen LogP contribution < -0.4 is 0 Å². The highest BCUT2D eigenvalue weighted by molar-refractivity contribution is 6.33. The first-order valence-corrected chi connectivity index (χ1v) is 5.27. The van der Waals surface area contributed by atoms with Gasteiger partial charge in [0, 0.05) is 17.3 Å². The first-order valence-electron chi connectivity index (χ1n) is 4.89. The van der Waals surface area contributed by atoms with E-state index < -0.39 is 0 Å². The summed E-state index contributed by atoms with van der Waals surface area (Å²) in [5.41, 5.74) is 2.14. The third kappa shape index (κ3) is 2.35. The van der Waals surface area contributed by atoms with Gasteiger partial charge in [-0.25, -0.2) is 0 Å². The number of hydrogen-bond acceptors (Lipinski definition) is 3. The molecular formula is C12H8ClN3O. The molecule has 1 aromatic carbocycles. The number of hydrogen-bond donors (Lipinski definition) is 0. The van der Waals surface area contributed by atoms with Gasteiger partial charge >= 0.3 is 0 Å². The number of aromatic nitrogens is 2. The minimum Gasteiger partial charge on any atom is -0.298 e. The van der Waals surface area contributed by atoms with E-state index in [2.05, 4.69) is 5.10 Å². The lowest BCUT2D eigenvalue weighted by Gasteiger charge is -2.00. The fourth-order valence-corrected chi connectivity index (χ4v) is 1.65. The molecule has 0 bridgehead atoms. The number of carbonyl (C=O) groups is 1. The van der Waals surface area contributed by atoms with Crippen LogP contribution in [0.4, 0.5) is 0 Å². The molecule has 0 spiro atoms. The Bertz CT molecular complexity index is 598. The predicted octanol–water partition coefficient (Wildman–Crippen LogP) is 2.54. The van der Waals surface area contributed by atoms with Gasteiger partial charge in [0.25, 0.3) is 0 Å². The zero-order valence-electron chi connectivity index (χ0n) is 8.80. The summed E-state index contributed by atoms with van der Waals surface area (Å²) in [6, 6.07) is 7.18. The van der Waals surface area contributed by atoms with Gasteiger partial charge in [0.1, 0.15) is 6.54 Å². The highest BCUT2D eigenvalue weighted by Crippen LogP contribution is 2.23. The molecule has 0 saturated heterocycles. The lowest BCUT2D eigenvalue weighted by Crippen LogP contribution is -1.94. The molecule has 17 heavy (non-hydrogen) atoms. The van der Waals surface area contributed by atoms with Crippen LogP contribution in [0.25, 0.3) is 11.1 Å². The van der Waals surface area contributed by atoms with Crippen molar-refractivity contribution in [2.75, 3.05) is 0 Å². The quantitative estimate of drug-likeness (QED) is 0.781. The lowest BCUT2D eigenvalue weighted by atomic mass is 10.1. The molecule has 0 saturated carbocycles. The van der Waals surface area contributed by atoms with Crippen LogP contribution in [-0.4, -0.2) is 16.1 Å². The number of nitrogens with zero attached hydrogens (tertiary/aromatic N) is 3. The maximum Gasteiger partial charge on any atom is 0.151 e. The third-order valence-electron chi connectivity index (χ3n) is 2.32. The minimum absolute atomic E-state index is 0.203. The van der Waals surface area contributed by atoms with Gasteiger partial charge in [-0.2, -0.15) is 10.4 Å². The average Bonchev–Trinajstić information content (AvgIpc) is 2.79. The van der Waals surface area contributed by atoms with Gasteiger partial charge in [-0.1, -0.05) is 17.7 Å². The maximum absolute atomic E-state index is 10.8. The Morgan fingerprint density at radius 2 is 2.29 bits per heavy atom. The molecule has 1 aromatic heterocycles. The van der Waals surface area contributed by atoms with Crippen LogP contribution in [0.5, 0.6) is 0 Å². The molecule has 0 fully saturated rings. The molecule has 0 aliphatic rings. The summed E-state index contributed by atoms with van der Waals surface area (Å²) in [6.07, 6.45) is 4.11. The van der Waals surface area contributed by atoms with Crippen molar-refractivity contribution in [3.63, 3.8) is 0 Å². The molecule has 4 nitrogen and oxygen atoms in total. The summed E-state index contributed by atoms with van der Waals surface area (Å²) >= 11 is 5.84. The molecule has 0 unspecified atom stereocenters. The first-order chi connectivity index (χ1) is 8.24. The fourth-order valence-electron chi connectivity index (χ4n) is 1.49. The summed E-state index contributed by atoms with van der Waals surface area (Å²) in [6.45, 7) is 0.203. The van der Waals surface area contributed by atoms with Crippen molar-refractivity contribution < 1.29 is 4.79 Å². The monoisotopic (exact) mass is 245 g/mol. The smallest absolute Gasteiger partial charge is 0.151 e. The van der Waals surface area contributed by atoms with E-state index >= 15 is 0 Å². The highest BCUT2D eigenvalue weighted by Gasteiger charge is 2.05. The fraction of sp³-hybridized carbons (Fsp3) is 0.0833. The molecule has 2 aromatic rings. The minimum atomic E-state index is 0.203. The van der Waals surface area contributed by atoms with E-state index in [1.807, 2.05) is 12.1 Å². The van der Waals surface area contributed by atoms with E-state index in [-0.39, 0.29) is 6.54 Å². The zero-order valence-corrected chi connectivity index (χ0v) is 9.55. The Kier molecular flexibility index (Phi) is 3.22. The van der Waals surface area contributed by atoms with E-state index in [9.17, 15) is 4.79 Å². The number of rotatable bonds is 3. The van der Waals surface area contributed by atoms with Crippen LogP contribution in [0.15, 0.2) is 30.6 Å². The van der Waals surface area contributed by atoms with Gasteiger partial charge < -0.3 is 0 Å². The molecular weight excluding hydrogens is 238 g/mol. The molecule has 0 N–H and O–H groups in total. The number of nitriles is 1. The molecule has 0 radical (unpaired) electrons. The summed E-state index contributed by atoms with van der Waals surface area (Å²) in [7, 11) is 0. The summed E-state index contributed by atoms with van der Waals surface area (Å²) in [5, 5.41) is 13.0. The van der Waals surface area contributed by atoms with E-state index in [1.54, 1.807) is 24.5 Å². The topological polar surface area (TPSA) is 58.7 Å². The van der Waals surface area contributed by atoms with Crippen LogP contribution in [0.1, 0.15) is 10.4 Å². The normalized spacial score (nSPS) is 9.88. The number of aldehydes is 1. The summed E-state index contributed by atoms with van der Waals surface area (Å²) in [4.78, 5) is 10.8. The number of carbonyl (C=O) groups excluding carboxylic acids is 1. The van der Waals surface area contributed by atoms with Crippen molar-refractivity contribution in [2.24, 2.45) is 0 Å². The SMILES string of the molecule is N#CCn1cc(-c2ccc(Cl)c(C=O)c2)cn1. The van der Waals surface area contributed by atoms with Crippen molar-refractivity contribution >= 4 is 17.9 Å². The highest BCUT2D eigenvalue weighted by atomic mass is 35.5. The Labute approximate surface area is 103 Å². The second-order valence-electron chi connectivity index (χ2n) is 3.44. The molecule has 0 aliphatic heterocycles. The van der Waals surface area contributed by atoms with Gasteiger partial charge in [0.15, 0.2) is 6.29 Å². The average molecular weight is 246 g/mol. The van der Waals surface area contributed by atoms with E-state index in [1.165, 1.54) is 4.68 Å². The standard InChI is InChI=1S/C12H8ClN3O/c13-12-2-1-9(5-10(12)8-17)11-6-15-16(7-11)4-3-14/h1-2,5-8H,4H2.